The van der Waals surface area contributed by atoms with E-state index in [9.17, 15) is 22.8 Å². The molecule has 0 saturated heterocycles. The zero-order chi connectivity index (χ0) is 18.2. The Morgan fingerprint density at radius 1 is 1.08 bits per heavy atom. The van der Waals surface area contributed by atoms with Crippen LogP contribution in [-0.4, -0.2) is 28.0 Å². The normalized spacial score (nSPS) is 24.0. The van der Waals surface area contributed by atoms with E-state index in [1.807, 2.05) is 0 Å². The molecule has 2 N–H and O–H groups in total. The summed E-state index contributed by atoms with van der Waals surface area (Å²) in [6.45, 7) is 0. The van der Waals surface area contributed by atoms with Crippen LogP contribution in [0.3, 0.4) is 0 Å². The van der Waals surface area contributed by atoms with Gasteiger partial charge in [0.2, 0.25) is 0 Å². The Balaban J connectivity index is 1.71. The molecule has 0 spiro atoms. The number of carbonyl (C=O) groups is 2. The van der Waals surface area contributed by atoms with Crippen LogP contribution in [0, 0.1) is 5.92 Å². The highest BCUT2D eigenvalue weighted by molar-refractivity contribution is 5.94. The summed E-state index contributed by atoms with van der Waals surface area (Å²) in [5, 5.41) is 11.7. The molecule has 2 aliphatic carbocycles. The first-order chi connectivity index (χ1) is 11.7. The van der Waals surface area contributed by atoms with Gasteiger partial charge in [0, 0.05) is 23.2 Å². The van der Waals surface area contributed by atoms with Crippen molar-refractivity contribution < 1.29 is 27.9 Å². The van der Waals surface area contributed by atoms with E-state index in [0.29, 0.717) is 31.4 Å². The number of nitrogens with one attached hydrogen (secondary N) is 1. The lowest BCUT2D eigenvalue weighted by molar-refractivity contribution is -0.143. The van der Waals surface area contributed by atoms with Gasteiger partial charge < -0.3 is 10.4 Å². The van der Waals surface area contributed by atoms with Gasteiger partial charge >= 0.3 is 12.1 Å². The van der Waals surface area contributed by atoms with Gasteiger partial charge in [0.15, 0.2) is 0 Å². The fourth-order valence-electron chi connectivity index (χ4n) is 3.17. The number of rotatable bonds is 4. The molecule has 0 bridgehead atoms. The van der Waals surface area contributed by atoms with E-state index in [4.69, 9.17) is 5.11 Å². The molecule has 0 radical (unpaired) electrons. The standard InChI is InChI=1S/C17H19F3N2O3/c18-17(19,20)14-8-11(7-13(22-14)9-1-2-9)15(23)21-12-5-3-10(4-6-12)16(24)25/h7-10,12H,1-6H2,(H,21,23)(H,24,25). The number of carboxylic acids is 1. The zero-order valence-electron chi connectivity index (χ0n) is 13.5. The number of halogens is 3. The third-order valence-corrected chi connectivity index (χ3v) is 4.81. The largest absolute Gasteiger partial charge is 0.481 e. The van der Waals surface area contributed by atoms with E-state index >= 15 is 0 Å². The third kappa shape index (κ3) is 4.29. The Morgan fingerprint density at radius 2 is 1.72 bits per heavy atom. The Morgan fingerprint density at radius 3 is 2.24 bits per heavy atom. The SMILES string of the molecule is O=C(NC1CCC(C(=O)O)CC1)c1cc(C2CC2)nc(C(F)(F)F)c1. The number of hydrogen-bond acceptors (Lipinski definition) is 3. The van der Waals surface area contributed by atoms with Crippen molar-refractivity contribution in [3.8, 4) is 0 Å². The second-order valence-electron chi connectivity index (χ2n) is 6.80. The minimum absolute atomic E-state index is 0.000134. The van der Waals surface area contributed by atoms with Crippen molar-refractivity contribution in [3.63, 3.8) is 0 Å². The molecule has 0 aromatic carbocycles. The number of hydrogen-bond donors (Lipinski definition) is 2. The van der Waals surface area contributed by atoms with Crippen molar-refractivity contribution in [2.45, 2.75) is 56.7 Å². The second kappa shape index (κ2) is 6.65. The highest BCUT2D eigenvalue weighted by Gasteiger charge is 2.36. The van der Waals surface area contributed by atoms with Crippen LogP contribution >= 0.6 is 0 Å². The Hall–Kier alpha value is -2.12. The molecular formula is C17H19F3N2O3. The van der Waals surface area contributed by atoms with Gasteiger partial charge in [0.1, 0.15) is 5.69 Å². The number of pyridine rings is 1. The minimum atomic E-state index is -4.60. The molecule has 0 unspecified atom stereocenters. The molecule has 3 rings (SSSR count). The van der Waals surface area contributed by atoms with Crippen molar-refractivity contribution in [3.05, 3.63) is 29.1 Å². The van der Waals surface area contributed by atoms with Crippen molar-refractivity contribution in [2.75, 3.05) is 0 Å². The molecule has 1 heterocycles. The quantitative estimate of drug-likeness (QED) is 0.867. The topological polar surface area (TPSA) is 79.3 Å². The van der Waals surface area contributed by atoms with Crippen LogP contribution in [0.15, 0.2) is 12.1 Å². The summed E-state index contributed by atoms with van der Waals surface area (Å²) in [5.41, 5.74) is -0.768. The minimum Gasteiger partial charge on any atom is -0.481 e. The molecule has 2 fully saturated rings. The van der Waals surface area contributed by atoms with Gasteiger partial charge in [-0.25, -0.2) is 4.98 Å². The molecule has 1 amide bonds. The first-order valence-electron chi connectivity index (χ1n) is 8.37. The maximum Gasteiger partial charge on any atom is 0.433 e. The number of carbonyl (C=O) groups excluding carboxylic acids is 1. The molecule has 2 aliphatic rings. The Labute approximate surface area is 142 Å². The fourth-order valence-corrected chi connectivity index (χ4v) is 3.17. The lowest BCUT2D eigenvalue weighted by Gasteiger charge is -2.27. The van der Waals surface area contributed by atoms with E-state index in [2.05, 4.69) is 10.3 Å². The van der Waals surface area contributed by atoms with Crippen LogP contribution in [0.25, 0.3) is 0 Å². The monoisotopic (exact) mass is 356 g/mol. The number of carboxylic acid groups (broad SMARTS) is 1. The van der Waals surface area contributed by atoms with E-state index in [1.54, 1.807) is 0 Å². The molecule has 0 atom stereocenters. The lowest BCUT2D eigenvalue weighted by atomic mass is 9.86. The molecule has 25 heavy (non-hydrogen) atoms. The number of alkyl halides is 3. The number of aromatic nitrogens is 1. The van der Waals surface area contributed by atoms with Crippen LogP contribution < -0.4 is 5.32 Å². The lowest BCUT2D eigenvalue weighted by Crippen LogP contribution is -2.38. The van der Waals surface area contributed by atoms with Crippen molar-refractivity contribution in [1.29, 1.82) is 0 Å². The van der Waals surface area contributed by atoms with Crippen molar-refractivity contribution in [2.24, 2.45) is 5.92 Å². The van der Waals surface area contributed by atoms with Gasteiger partial charge in [-0.05, 0) is 50.7 Å². The molecule has 5 nitrogen and oxygen atoms in total. The van der Waals surface area contributed by atoms with E-state index < -0.39 is 29.7 Å². The molecule has 1 aromatic rings. The van der Waals surface area contributed by atoms with Crippen LogP contribution in [0.1, 0.15) is 66.2 Å². The van der Waals surface area contributed by atoms with Crippen LogP contribution in [0.4, 0.5) is 13.2 Å². The summed E-state index contributed by atoms with van der Waals surface area (Å²) in [4.78, 5) is 27.0. The molecule has 136 valence electrons. The zero-order valence-corrected chi connectivity index (χ0v) is 13.5. The second-order valence-corrected chi connectivity index (χ2v) is 6.80. The highest BCUT2D eigenvalue weighted by Crippen LogP contribution is 2.40. The molecule has 0 aliphatic heterocycles. The highest BCUT2D eigenvalue weighted by atomic mass is 19.4. The predicted molar refractivity (Wildman–Crippen MR) is 82.1 cm³/mol. The number of aliphatic carboxylic acids is 1. The van der Waals surface area contributed by atoms with Gasteiger partial charge in [-0.1, -0.05) is 0 Å². The average molecular weight is 356 g/mol. The number of nitrogens with zero attached hydrogens (tertiary/aromatic N) is 1. The molecule has 2 saturated carbocycles. The van der Waals surface area contributed by atoms with Crippen LogP contribution in [-0.2, 0) is 11.0 Å². The first-order valence-corrected chi connectivity index (χ1v) is 8.37. The van der Waals surface area contributed by atoms with Gasteiger partial charge in [-0.3, -0.25) is 9.59 Å². The smallest absolute Gasteiger partial charge is 0.433 e. The van der Waals surface area contributed by atoms with E-state index in [-0.39, 0.29) is 17.5 Å². The van der Waals surface area contributed by atoms with Crippen molar-refractivity contribution >= 4 is 11.9 Å². The van der Waals surface area contributed by atoms with E-state index in [0.717, 1.165) is 18.9 Å². The summed E-state index contributed by atoms with van der Waals surface area (Å²) in [6.07, 6.45) is -1.09. The number of amides is 1. The van der Waals surface area contributed by atoms with Gasteiger partial charge in [-0.2, -0.15) is 13.2 Å². The molecule has 8 heteroatoms. The maximum absolute atomic E-state index is 13.0. The van der Waals surface area contributed by atoms with E-state index in [1.165, 1.54) is 6.07 Å². The maximum atomic E-state index is 13.0. The summed E-state index contributed by atoms with van der Waals surface area (Å²) >= 11 is 0. The van der Waals surface area contributed by atoms with Crippen molar-refractivity contribution in [1.82, 2.24) is 10.3 Å². The molecular weight excluding hydrogens is 337 g/mol. The third-order valence-electron chi connectivity index (χ3n) is 4.81. The Kier molecular flexibility index (Phi) is 4.71. The first kappa shape index (κ1) is 17.7. The van der Waals surface area contributed by atoms with Gasteiger partial charge in [0.25, 0.3) is 5.91 Å². The summed E-state index contributed by atoms with van der Waals surface area (Å²) in [7, 11) is 0. The average Bonchev–Trinajstić information content (AvgIpc) is 3.39. The van der Waals surface area contributed by atoms with Gasteiger partial charge in [0.05, 0.1) is 5.92 Å². The van der Waals surface area contributed by atoms with Crippen LogP contribution in [0.2, 0.25) is 0 Å². The van der Waals surface area contributed by atoms with Crippen LogP contribution in [0.5, 0.6) is 0 Å². The predicted octanol–water partition coefficient (Wildman–Crippen LogP) is 3.35. The summed E-state index contributed by atoms with van der Waals surface area (Å²) in [5.74, 6) is -1.82. The summed E-state index contributed by atoms with van der Waals surface area (Å²) in [6, 6.07) is 2.00. The molecule has 1 aromatic heterocycles. The van der Waals surface area contributed by atoms with Gasteiger partial charge in [-0.15, -0.1) is 0 Å². The fraction of sp³-hybridized carbons (Fsp3) is 0.588. The summed E-state index contributed by atoms with van der Waals surface area (Å²) < 4.78 is 39.1. The Bertz CT molecular complexity index is 678.